The maximum atomic E-state index is 12.8. The molecule has 0 fully saturated rings. The highest BCUT2D eigenvalue weighted by atomic mass is 32.2. The summed E-state index contributed by atoms with van der Waals surface area (Å²) in [6, 6.07) is 19.4. The van der Waals surface area contributed by atoms with Crippen molar-refractivity contribution in [3.05, 3.63) is 87.3 Å². The molecule has 0 aliphatic rings. The standard InChI is InChI=1S/C25H25N3O2S2/c1-4-31-20-11-8-18(9-12-20)14-24(29)27-19-10-13-22-23(15-19)32-25(30)28(22)17(3)21-7-5-6-16(2)26-21/h5-13,15,17H,4,14H2,1-3H3,(H,27,29). The van der Waals surface area contributed by atoms with Crippen LogP contribution in [0.4, 0.5) is 5.69 Å². The maximum Gasteiger partial charge on any atom is 0.308 e. The second kappa shape index (κ2) is 9.71. The zero-order valence-corrected chi connectivity index (χ0v) is 19.9. The zero-order valence-electron chi connectivity index (χ0n) is 18.3. The number of fused-ring (bicyclic) bond motifs is 1. The van der Waals surface area contributed by atoms with Gasteiger partial charge in [0.05, 0.1) is 28.4 Å². The van der Waals surface area contributed by atoms with Crippen molar-refractivity contribution in [3.8, 4) is 0 Å². The molecule has 2 aromatic heterocycles. The van der Waals surface area contributed by atoms with Gasteiger partial charge in [-0.2, -0.15) is 0 Å². The fraction of sp³-hybridized carbons (Fsp3) is 0.240. The van der Waals surface area contributed by atoms with Gasteiger partial charge in [0.25, 0.3) is 0 Å². The summed E-state index contributed by atoms with van der Waals surface area (Å²) in [5, 5.41) is 2.96. The lowest BCUT2D eigenvalue weighted by atomic mass is 10.1. The highest BCUT2D eigenvalue weighted by molar-refractivity contribution is 7.99. The number of amides is 1. The summed E-state index contributed by atoms with van der Waals surface area (Å²) in [7, 11) is 0. The number of thioether (sulfide) groups is 1. The maximum absolute atomic E-state index is 12.8. The third kappa shape index (κ3) is 4.95. The molecule has 4 aromatic rings. The summed E-state index contributed by atoms with van der Waals surface area (Å²) < 4.78 is 2.61. The number of hydrogen-bond acceptors (Lipinski definition) is 5. The van der Waals surface area contributed by atoms with Crippen LogP contribution in [0.2, 0.25) is 0 Å². The van der Waals surface area contributed by atoms with Crippen LogP contribution in [0.3, 0.4) is 0 Å². The van der Waals surface area contributed by atoms with Crippen molar-refractivity contribution in [1.29, 1.82) is 0 Å². The van der Waals surface area contributed by atoms with Crippen LogP contribution < -0.4 is 10.2 Å². The number of carbonyl (C=O) groups excluding carboxylic acids is 1. The first kappa shape index (κ1) is 22.3. The molecule has 5 nitrogen and oxygen atoms in total. The quantitative estimate of drug-likeness (QED) is 0.359. The Morgan fingerprint density at radius 2 is 1.94 bits per heavy atom. The van der Waals surface area contributed by atoms with Crippen LogP contribution in [0.15, 0.2) is 70.4 Å². The van der Waals surface area contributed by atoms with Gasteiger partial charge in [0.15, 0.2) is 0 Å². The number of rotatable bonds is 7. The second-order valence-electron chi connectivity index (χ2n) is 7.60. The highest BCUT2D eigenvalue weighted by Gasteiger charge is 2.17. The van der Waals surface area contributed by atoms with Gasteiger partial charge < -0.3 is 5.32 Å². The lowest BCUT2D eigenvalue weighted by Gasteiger charge is -2.14. The Kier molecular flexibility index (Phi) is 6.77. The van der Waals surface area contributed by atoms with E-state index in [1.54, 1.807) is 16.3 Å². The van der Waals surface area contributed by atoms with E-state index in [1.165, 1.54) is 16.2 Å². The molecule has 0 saturated carbocycles. The molecular weight excluding hydrogens is 438 g/mol. The van der Waals surface area contributed by atoms with Crippen LogP contribution in [-0.4, -0.2) is 21.2 Å². The lowest BCUT2D eigenvalue weighted by Crippen LogP contribution is -2.19. The van der Waals surface area contributed by atoms with Crippen LogP contribution in [0, 0.1) is 6.92 Å². The summed E-state index contributed by atoms with van der Waals surface area (Å²) >= 11 is 2.96. The molecule has 1 unspecified atom stereocenters. The average Bonchev–Trinajstić information content (AvgIpc) is 3.09. The molecule has 0 aliphatic heterocycles. The number of thiazole rings is 1. The minimum Gasteiger partial charge on any atom is -0.326 e. The van der Waals surface area contributed by atoms with E-state index in [0.29, 0.717) is 12.1 Å². The van der Waals surface area contributed by atoms with Crippen molar-refractivity contribution in [1.82, 2.24) is 9.55 Å². The lowest BCUT2D eigenvalue weighted by molar-refractivity contribution is -0.115. The molecule has 32 heavy (non-hydrogen) atoms. The second-order valence-corrected chi connectivity index (χ2v) is 9.93. The number of pyridine rings is 1. The van der Waals surface area contributed by atoms with E-state index in [2.05, 4.69) is 17.2 Å². The van der Waals surface area contributed by atoms with Crippen LogP contribution in [0.1, 0.15) is 36.8 Å². The SMILES string of the molecule is CCSc1ccc(CC(=O)Nc2ccc3c(c2)sc(=O)n3C(C)c2cccc(C)n2)cc1. The van der Waals surface area contributed by atoms with Crippen molar-refractivity contribution < 1.29 is 4.79 Å². The van der Waals surface area contributed by atoms with Crippen molar-refractivity contribution in [2.24, 2.45) is 0 Å². The number of carbonyl (C=O) groups is 1. The highest BCUT2D eigenvalue weighted by Crippen LogP contribution is 2.27. The molecule has 7 heteroatoms. The summed E-state index contributed by atoms with van der Waals surface area (Å²) in [6.07, 6.45) is 0.308. The summed E-state index contributed by atoms with van der Waals surface area (Å²) in [6.45, 7) is 6.04. The van der Waals surface area contributed by atoms with Gasteiger partial charge in [-0.05, 0) is 67.6 Å². The van der Waals surface area contributed by atoms with E-state index in [0.717, 1.165) is 32.9 Å². The van der Waals surface area contributed by atoms with E-state index in [9.17, 15) is 9.59 Å². The van der Waals surface area contributed by atoms with Gasteiger partial charge in [-0.1, -0.05) is 36.5 Å². The van der Waals surface area contributed by atoms with Crippen LogP contribution in [0.5, 0.6) is 0 Å². The Morgan fingerprint density at radius 3 is 2.66 bits per heavy atom. The fourth-order valence-corrected chi connectivity index (χ4v) is 5.33. The first-order valence-corrected chi connectivity index (χ1v) is 12.3. The minimum absolute atomic E-state index is 0.0377. The summed E-state index contributed by atoms with van der Waals surface area (Å²) in [4.78, 5) is 31.0. The molecule has 4 rings (SSSR count). The van der Waals surface area contributed by atoms with Crippen molar-refractivity contribution in [2.75, 3.05) is 11.1 Å². The summed E-state index contributed by atoms with van der Waals surface area (Å²) in [5.41, 5.74) is 4.28. The van der Waals surface area contributed by atoms with Crippen LogP contribution >= 0.6 is 23.1 Å². The molecule has 0 radical (unpaired) electrons. The Bertz CT molecular complexity index is 1310. The predicted molar refractivity (Wildman–Crippen MR) is 134 cm³/mol. The smallest absolute Gasteiger partial charge is 0.308 e. The van der Waals surface area contributed by atoms with Gasteiger partial charge in [0.2, 0.25) is 5.91 Å². The van der Waals surface area contributed by atoms with E-state index < -0.39 is 0 Å². The Morgan fingerprint density at radius 1 is 1.16 bits per heavy atom. The van der Waals surface area contributed by atoms with Gasteiger partial charge in [0, 0.05) is 16.3 Å². The molecule has 0 spiro atoms. The van der Waals surface area contributed by atoms with Crippen molar-refractivity contribution >= 4 is 44.9 Å². The topological polar surface area (TPSA) is 64.0 Å². The number of nitrogens with zero attached hydrogens (tertiary/aromatic N) is 2. The zero-order chi connectivity index (χ0) is 22.7. The van der Waals surface area contributed by atoms with Gasteiger partial charge >= 0.3 is 4.87 Å². The van der Waals surface area contributed by atoms with E-state index in [4.69, 9.17) is 0 Å². The molecular formula is C25H25N3O2S2. The van der Waals surface area contributed by atoms with Crippen molar-refractivity contribution in [3.63, 3.8) is 0 Å². The third-order valence-corrected chi connectivity index (χ3v) is 7.03. The average molecular weight is 464 g/mol. The minimum atomic E-state index is -0.176. The number of aryl methyl sites for hydroxylation is 1. The largest absolute Gasteiger partial charge is 0.326 e. The Balaban J connectivity index is 1.51. The van der Waals surface area contributed by atoms with Crippen molar-refractivity contribution in [2.45, 2.75) is 38.1 Å². The molecule has 164 valence electrons. The molecule has 2 aromatic carbocycles. The number of anilines is 1. The number of nitrogens with one attached hydrogen (secondary N) is 1. The number of hydrogen-bond donors (Lipinski definition) is 1. The van der Waals surface area contributed by atoms with E-state index >= 15 is 0 Å². The van der Waals surface area contributed by atoms with Gasteiger partial charge in [-0.3, -0.25) is 19.1 Å². The Hall–Kier alpha value is -2.90. The van der Waals surface area contributed by atoms with E-state index in [-0.39, 0.29) is 16.8 Å². The molecule has 0 saturated heterocycles. The first-order chi connectivity index (χ1) is 15.4. The third-order valence-electron chi connectivity index (χ3n) is 5.22. The normalized spacial score (nSPS) is 12.1. The fourth-order valence-electron chi connectivity index (χ4n) is 3.67. The first-order valence-electron chi connectivity index (χ1n) is 10.5. The van der Waals surface area contributed by atoms with E-state index in [1.807, 2.05) is 74.5 Å². The molecule has 1 N–H and O–H groups in total. The predicted octanol–water partition coefficient (Wildman–Crippen LogP) is 5.67. The molecule has 0 bridgehead atoms. The Labute approximate surface area is 195 Å². The molecule has 2 heterocycles. The monoisotopic (exact) mass is 463 g/mol. The molecule has 1 atom stereocenters. The van der Waals surface area contributed by atoms with Gasteiger partial charge in [-0.25, -0.2) is 0 Å². The number of benzene rings is 2. The summed E-state index contributed by atoms with van der Waals surface area (Å²) in [5.74, 6) is 0.945. The van der Waals surface area contributed by atoms with Crippen LogP contribution in [0.25, 0.3) is 10.2 Å². The molecule has 0 aliphatic carbocycles. The number of aromatic nitrogens is 2. The van der Waals surface area contributed by atoms with Crippen LogP contribution in [-0.2, 0) is 11.2 Å². The van der Waals surface area contributed by atoms with Gasteiger partial charge in [0.1, 0.15) is 0 Å². The van der Waals surface area contributed by atoms with Gasteiger partial charge in [-0.15, -0.1) is 11.8 Å². The molecule has 1 amide bonds.